The van der Waals surface area contributed by atoms with E-state index in [-0.39, 0.29) is 5.97 Å². The summed E-state index contributed by atoms with van der Waals surface area (Å²) >= 11 is 0. The predicted octanol–water partition coefficient (Wildman–Crippen LogP) is 4.78. The van der Waals surface area contributed by atoms with Crippen molar-refractivity contribution in [1.82, 2.24) is 0 Å². The van der Waals surface area contributed by atoms with Crippen molar-refractivity contribution in [1.29, 1.82) is 0 Å². The average Bonchev–Trinajstić information content (AvgIpc) is 2.37. The quantitative estimate of drug-likeness (QED) is 0.580. The SMILES string of the molecule is O=C1/C=C/CCCCCCCCCCCCCO1. The summed E-state index contributed by atoms with van der Waals surface area (Å²) in [5.74, 6) is -0.167. The Labute approximate surface area is 112 Å². The van der Waals surface area contributed by atoms with Crippen LogP contribution in [0.3, 0.4) is 0 Å². The van der Waals surface area contributed by atoms with Gasteiger partial charge in [-0.15, -0.1) is 0 Å². The Morgan fingerprint density at radius 2 is 1.22 bits per heavy atom. The number of carbonyl (C=O) groups excluding carboxylic acids is 1. The zero-order chi connectivity index (χ0) is 12.9. The molecule has 0 aromatic carbocycles. The molecule has 1 heterocycles. The summed E-state index contributed by atoms with van der Waals surface area (Å²) < 4.78 is 5.14. The monoisotopic (exact) mass is 252 g/mol. The minimum atomic E-state index is -0.167. The Hall–Kier alpha value is -0.790. The molecule has 2 heteroatoms. The molecule has 1 rings (SSSR count). The third-order valence-corrected chi connectivity index (χ3v) is 3.51. The second kappa shape index (κ2) is 11.3. The highest BCUT2D eigenvalue weighted by molar-refractivity contribution is 5.81. The Kier molecular flexibility index (Phi) is 9.59. The molecule has 18 heavy (non-hydrogen) atoms. The van der Waals surface area contributed by atoms with Gasteiger partial charge in [0.1, 0.15) is 0 Å². The van der Waals surface area contributed by atoms with Crippen molar-refractivity contribution in [2.24, 2.45) is 0 Å². The van der Waals surface area contributed by atoms with Gasteiger partial charge in [-0.25, -0.2) is 4.79 Å². The minimum absolute atomic E-state index is 0.167. The van der Waals surface area contributed by atoms with Gasteiger partial charge in [0.15, 0.2) is 0 Å². The van der Waals surface area contributed by atoms with Gasteiger partial charge in [-0.2, -0.15) is 0 Å². The second-order valence-corrected chi connectivity index (χ2v) is 5.25. The molecule has 0 spiro atoms. The van der Waals surface area contributed by atoms with Crippen LogP contribution in [-0.4, -0.2) is 12.6 Å². The zero-order valence-electron chi connectivity index (χ0n) is 11.7. The fraction of sp³-hybridized carbons (Fsp3) is 0.812. The number of ether oxygens (including phenoxy) is 1. The zero-order valence-corrected chi connectivity index (χ0v) is 11.7. The highest BCUT2D eigenvalue weighted by atomic mass is 16.5. The van der Waals surface area contributed by atoms with Crippen LogP contribution in [0, 0.1) is 0 Å². The third kappa shape index (κ3) is 9.26. The number of carbonyl (C=O) groups is 1. The van der Waals surface area contributed by atoms with E-state index in [0.29, 0.717) is 6.61 Å². The number of hydrogen-bond donors (Lipinski definition) is 0. The van der Waals surface area contributed by atoms with Crippen LogP contribution < -0.4 is 0 Å². The first-order valence-electron chi connectivity index (χ1n) is 7.73. The van der Waals surface area contributed by atoms with E-state index in [0.717, 1.165) is 12.8 Å². The maximum Gasteiger partial charge on any atom is 0.330 e. The Morgan fingerprint density at radius 3 is 1.83 bits per heavy atom. The summed E-state index contributed by atoms with van der Waals surface area (Å²) in [6, 6.07) is 0. The predicted molar refractivity (Wildman–Crippen MR) is 75.5 cm³/mol. The number of rotatable bonds is 0. The molecule has 0 fully saturated rings. The molecule has 1 aliphatic rings. The molecule has 0 N–H and O–H groups in total. The van der Waals surface area contributed by atoms with E-state index >= 15 is 0 Å². The van der Waals surface area contributed by atoms with Crippen LogP contribution >= 0.6 is 0 Å². The Balaban J connectivity index is 2.18. The van der Waals surface area contributed by atoms with Crippen LogP contribution in [0.5, 0.6) is 0 Å². The third-order valence-electron chi connectivity index (χ3n) is 3.51. The molecule has 104 valence electrons. The molecule has 0 saturated carbocycles. The summed E-state index contributed by atoms with van der Waals surface area (Å²) in [7, 11) is 0. The van der Waals surface area contributed by atoms with Gasteiger partial charge in [-0.3, -0.25) is 0 Å². The fourth-order valence-electron chi connectivity index (χ4n) is 2.36. The number of hydrogen-bond acceptors (Lipinski definition) is 2. The van der Waals surface area contributed by atoms with Crippen molar-refractivity contribution >= 4 is 5.97 Å². The van der Waals surface area contributed by atoms with Gasteiger partial charge < -0.3 is 4.74 Å². The normalized spacial score (nSPS) is 23.9. The van der Waals surface area contributed by atoms with Gasteiger partial charge in [0.25, 0.3) is 0 Å². The van der Waals surface area contributed by atoms with Crippen LogP contribution in [0.1, 0.15) is 77.0 Å². The van der Waals surface area contributed by atoms with Crippen molar-refractivity contribution in [3.63, 3.8) is 0 Å². The van der Waals surface area contributed by atoms with Gasteiger partial charge in [0, 0.05) is 6.08 Å². The summed E-state index contributed by atoms with van der Waals surface area (Å²) in [4.78, 5) is 11.3. The smallest absolute Gasteiger partial charge is 0.330 e. The van der Waals surface area contributed by atoms with Gasteiger partial charge in [-0.1, -0.05) is 63.9 Å². The van der Waals surface area contributed by atoms with E-state index in [9.17, 15) is 4.79 Å². The maximum atomic E-state index is 11.3. The largest absolute Gasteiger partial charge is 0.463 e. The van der Waals surface area contributed by atoms with Crippen molar-refractivity contribution in [3.8, 4) is 0 Å². The molecule has 1 aliphatic heterocycles. The average molecular weight is 252 g/mol. The molecule has 0 aromatic rings. The number of cyclic esters (lactones) is 1. The molecule has 2 nitrogen and oxygen atoms in total. The first-order valence-corrected chi connectivity index (χ1v) is 7.73. The van der Waals surface area contributed by atoms with Crippen LogP contribution in [0.25, 0.3) is 0 Å². The highest BCUT2D eigenvalue weighted by Crippen LogP contribution is 2.12. The summed E-state index contributed by atoms with van der Waals surface area (Å²) in [6.07, 6.45) is 18.8. The number of esters is 1. The number of allylic oxidation sites excluding steroid dienone is 1. The lowest BCUT2D eigenvalue weighted by atomic mass is 10.1. The molecule has 0 aromatic heterocycles. The van der Waals surface area contributed by atoms with Crippen LogP contribution in [-0.2, 0) is 9.53 Å². The van der Waals surface area contributed by atoms with Crippen LogP contribution in [0.15, 0.2) is 12.2 Å². The first-order chi connectivity index (χ1) is 8.89. The van der Waals surface area contributed by atoms with Gasteiger partial charge in [0.05, 0.1) is 6.61 Å². The van der Waals surface area contributed by atoms with Gasteiger partial charge in [0.2, 0.25) is 0 Å². The highest BCUT2D eigenvalue weighted by Gasteiger charge is 1.98. The van der Waals surface area contributed by atoms with Crippen molar-refractivity contribution < 1.29 is 9.53 Å². The lowest BCUT2D eigenvalue weighted by molar-refractivity contribution is -0.137. The van der Waals surface area contributed by atoms with E-state index in [1.165, 1.54) is 64.2 Å². The summed E-state index contributed by atoms with van der Waals surface area (Å²) in [5.41, 5.74) is 0. The van der Waals surface area contributed by atoms with E-state index < -0.39 is 0 Å². The van der Waals surface area contributed by atoms with Gasteiger partial charge in [-0.05, 0) is 19.3 Å². The van der Waals surface area contributed by atoms with Crippen LogP contribution in [0.2, 0.25) is 0 Å². The molecule has 0 atom stereocenters. The molecule has 0 radical (unpaired) electrons. The maximum absolute atomic E-state index is 11.3. The second-order valence-electron chi connectivity index (χ2n) is 5.25. The van der Waals surface area contributed by atoms with E-state index in [1.54, 1.807) is 6.08 Å². The lowest BCUT2D eigenvalue weighted by Crippen LogP contribution is -2.02. The van der Waals surface area contributed by atoms with E-state index in [2.05, 4.69) is 0 Å². The van der Waals surface area contributed by atoms with E-state index in [1.807, 2.05) is 6.08 Å². The first kappa shape index (κ1) is 15.3. The summed E-state index contributed by atoms with van der Waals surface area (Å²) in [5, 5.41) is 0. The van der Waals surface area contributed by atoms with Crippen LogP contribution in [0.4, 0.5) is 0 Å². The van der Waals surface area contributed by atoms with E-state index in [4.69, 9.17) is 4.74 Å². The van der Waals surface area contributed by atoms with Crippen molar-refractivity contribution in [2.45, 2.75) is 77.0 Å². The molecule has 0 aliphatic carbocycles. The van der Waals surface area contributed by atoms with Crippen molar-refractivity contribution in [2.75, 3.05) is 6.61 Å². The molecule has 0 unspecified atom stereocenters. The van der Waals surface area contributed by atoms with Crippen molar-refractivity contribution in [3.05, 3.63) is 12.2 Å². The fourth-order valence-corrected chi connectivity index (χ4v) is 2.36. The minimum Gasteiger partial charge on any atom is -0.463 e. The standard InChI is InChI=1S/C16H28O2/c17-16-14-12-10-8-6-4-2-1-3-5-7-9-11-13-15-18-16/h12,14H,1-11,13,15H2/b14-12+. The lowest BCUT2D eigenvalue weighted by Gasteiger charge is -2.03. The Bertz CT molecular complexity index is 233. The van der Waals surface area contributed by atoms with Gasteiger partial charge >= 0.3 is 5.97 Å². The molecule has 0 bridgehead atoms. The topological polar surface area (TPSA) is 26.3 Å². The molecular weight excluding hydrogens is 224 g/mol. The summed E-state index contributed by atoms with van der Waals surface area (Å²) in [6.45, 7) is 0.586. The molecule has 0 saturated heterocycles. The molecule has 0 amide bonds. The Morgan fingerprint density at radius 1 is 0.722 bits per heavy atom. The molecular formula is C16H28O2.